The Morgan fingerprint density at radius 1 is 0.929 bits per heavy atom. The van der Waals surface area contributed by atoms with E-state index in [4.69, 9.17) is 0 Å². The monoisotopic (exact) mass is 596 g/mol. The van der Waals surface area contributed by atoms with Crippen LogP contribution in [0.2, 0.25) is 0 Å². The Balaban J connectivity index is 2.13. The van der Waals surface area contributed by atoms with Crippen molar-refractivity contribution in [1.29, 1.82) is 0 Å². The lowest BCUT2D eigenvalue weighted by Gasteiger charge is -2.35. The van der Waals surface area contributed by atoms with Crippen LogP contribution in [-0.2, 0) is 32.8 Å². The number of amides is 2. The van der Waals surface area contributed by atoms with Crippen molar-refractivity contribution in [3.05, 3.63) is 101 Å². The Morgan fingerprint density at radius 3 is 2.17 bits per heavy atom. The average molecular weight is 597 g/mol. The van der Waals surface area contributed by atoms with Crippen LogP contribution in [0.4, 0.5) is 10.1 Å². The molecule has 8 nitrogen and oxygen atoms in total. The number of carbonyl (C=O) groups is 2. The highest BCUT2D eigenvalue weighted by molar-refractivity contribution is 7.90. The van der Waals surface area contributed by atoms with E-state index in [1.807, 2.05) is 57.2 Å². The zero-order valence-corrected chi connectivity index (χ0v) is 26.0. The minimum atomic E-state index is -4.10. The number of hydrogen-bond acceptors (Lipinski definition) is 4. The predicted octanol–water partition coefficient (Wildman–Crippen LogP) is 4.61. The summed E-state index contributed by atoms with van der Waals surface area (Å²) in [5.41, 5.74) is 3.33. The molecule has 0 aromatic heterocycles. The fraction of sp³-hybridized carbons (Fsp3) is 0.375. The maximum absolute atomic E-state index is 14.3. The summed E-state index contributed by atoms with van der Waals surface area (Å²) in [5, 5.41) is 3.00. The molecule has 3 rings (SSSR count). The van der Waals surface area contributed by atoms with Crippen LogP contribution in [0.1, 0.15) is 42.5 Å². The Bertz CT molecular complexity index is 1460. The molecule has 0 heterocycles. The number of nitrogens with one attached hydrogen (secondary N) is 1. The summed E-state index contributed by atoms with van der Waals surface area (Å²) in [6.45, 7) is 6.91. The van der Waals surface area contributed by atoms with E-state index in [-0.39, 0.29) is 24.9 Å². The molecule has 3 aromatic carbocycles. The molecule has 2 amide bonds. The molecule has 226 valence electrons. The van der Waals surface area contributed by atoms with Gasteiger partial charge in [0.15, 0.2) is 0 Å². The number of halogens is 1. The number of aryl methyl sites for hydroxylation is 2. The number of carbonyl (C=O) groups excluding carboxylic acids is 2. The van der Waals surface area contributed by atoms with E-state index in [1.54, 1.807) is 31.2 Å². The van der Waals surface area contributed by atoms with E-state index in [1.165, 1.54) is 31.1 Å². The fourth-order valence-corrected chi connectivity index (χ4v) is 5.58. The van der Waals surface area contributed by atoms with E-state index in [9.17, 15) is 22.4 Å². The van der Waals surface area contributed by atoms with Gasteiger partial charge in [-0.25, -0.2) is 8.70 Å². The second-order valence-corrected chi connectivity index (χ2v) is 12.8. The number of anilines is 1. The summed E-state index contributed by atoms with van der Waals surface area (Å²) >= 11 is 0. The molecule has 2 atom stereocenters. The van der Waals surface area contributed by atoms with Gasteiger partial charge in [0.2, 0.25) is 11.8 Å². The van der Waals surface area contributed by atoms with Crippen LogP contribution in [0, 0.1) is 19.7 Å². The van der Waals surface area contributed by atoms with Crippen LogP contribution in [0.5, 0.6) is 0 Å². The minimum Gasteiger partial charge on any atom is -0.352 e. The zero-order valence-electron chi connectivity index (χ0n) is 25.2. The zero-order chi connectivity index (χ0) is 31.0. The molecule has 0 fully saturated rings. The molecule has 0 bridgehead atoms. The van der Waals surface area contributed by atoms with Crippen LogP contribution < -0.4 is 9.62 Å². The topological polar surface area (TPSA) is 90.0 Å². The maximum Gasteiger partial charge on any atom is 0.304 e. The third kappa shape index (κ3) is 8.39. The first-order valence-corrected chi connectivity index (χ1v) is 15.4. The molecular formula is C32H41FN4O4S. The van der Waals surface area contributed by atoms with Crippen LogP contribution in [0.15, 0.2) is 72.8 Å². The predicted molar refractivity (Wildman–Crippen MR) is 165 cm³/mol. The molecule has 0 aliphatic heterocycles. The van der Waals surface area contributed by atoms with Gasteiger partial charge in [-0.15, -0.1) is 0 Å². The van der Waals surface area contributed by atoms with E-state index < -0.39 is 34.5 Å². The average Bonchev–Trinajstić information content (AvgIpc) is 2.96. The molecular weight excluding hydrogens is 555 g/mol. The summed E-state index contributed by atoms with van der Waals surface area (Å²) < 4.78 is 43.1. The van der Waals surface area contributed by atoms with Crippen molar-refractivity contribution < 1.29 is 22.4 Å². The molecule has 0 radical (unpaired) electrons. The summed E-state index contributed by atoms with van der Waals surface area (Å²) in [6.07, 6.45) is 0.900. The third-order valence-corrected chi connectivity index (χ3v) is 9.00. The molecule has 0 saturated carbocycles. The lowest BCUT2D eigenvalue weighted by atomic mass is 10.0. The molecule has 10 heteroatoms. The SMILES string of the molecule is CC[C@@H](C)NC(=O)[C@@H](Cc1ccccc1)N(Cc1ccc(F)cc1)C(=O)CN(c1cc(C)ccc1C)S(=O)(=O)N(C)C. The van der Waals surface area contributed by atoms with Crippen molar-refractivity contribution in [3.63, 3.8) is 0 Å². The highest BCUT2D eigenvalue weighted by atomic mass is 32.2. The first-order chi connectivity index (χ1) is 19.8. The van der Waals surface area contributed by atoms with Gasteiger partial charge in [-0.3, -0.25) is 9.59 Å². The summed E-state index contributed by atoms with van der Waals surface area (Å²) in [5.74, 6) is -1.34. The van der Waals surface area contributed by atoms with E-state index in [2.05, 4.69) is 5.32 Å². The maximum atomic E-state index is 14.3. The highest BCUT2D eigenvalue weighted by Gasteiger charge is 2.35. The molecule has 42 heavy (non-hydrogen) atoms. The number of nitrogens with zero attached hydrogens (tertiary/aromatic N) is 3. The summed E-state index contributed by atoms with van der Waals surface area (Å²) in [7, 11) is -1.28. The van der Waals surface area contributed by atoms with Crippen molar-refractivity contribution in [2.75, 3.05) is 24.9 Å². The fourth-order valence-electron chi connectivity index (χ4n) is 4.47. The van der Waals surface area contributed by atoms with Crippen LogP contribution >= 0.6 is 0 Å². The lowest BCUT2D eigenvalue weighted by Crippen LogP contribution is -2.55. The quantitative estimate of drug-likeness (QED) is 0.312. The number of rotatable bonds is 13. The first kappa shape index (κ1) is 32.8. The highest BCUT2D eigenvalue weighted by Crippen LogP contribution is 2.26. The van der Waals surface area contributed by atoms with Gasteiger partial charge in [0.25, 0.3) is 0 Å². The first-order valence-electron chi connectivity index (χ1n) is 14.0. The number of benzene rings is 3. The van der Waals surface area contributed by atoms with Crippen molar-refractivity contribution in [2.45, 2.75) is 59.2 Å². The van der Waals surface area contributed by atoms with E-state index in [0.29, 0.717) is 23.2 Å². The summed E-state index contributed by atoms with van der Waals surface area (Å²) in [4.78, 5) is 29.5. The van der Waals surface area contributed by atoms with Gasteiger partial charge in [-0.1, -0.05) is 61.5 Å². The van der Waals surface area contributed by atoms with Crippen molar-refractivity contribution in [1.82, 2.24) is 14.5 Å². The molecule has 0 spiro atoms. The molecule has 1 N–H and O–H groups in total. The minimum absolute atomic E-state index is 0.0206. The lowest BCUT2D eigenvalue weighted by molar-refractivity contribution is -0.140. The van der Waals surface area contributed by atoms with Gasteiger partial charge in [0, 0.05) is 33.1 Å². The molecule has 0 unspecified atom stereocenters. The van der Waals surface area contributed by atoms with Crippen LogP contribution in [0.3, 0.4) is 0 Å². The largest absolute Gasteiger partial charge is 0.352 e. The standard InChI is InChI=1S/C32H41FN4O4S/c1-7-25(4)34-32(39)30(20-26-11-9-8-10-12-26)36(21-27-15-17-28(33)18-16-27)31(38)22-37(42(40,41)35(5)6)29-19-23(2)13-14-24(29)3/h8-19,25,30H,7,20-22H2,1-6H3,(H,34,39)/t25-,30-/m1/s1. The van der Waals surface area contributed by atoms with Gasteiger partial charge in [-0.2, -0.15) is 12.7 Å². The van der Waals surface area contributed by atoms with Crippen molar-refractivity contribution in [3.8, 4) is 0 Å². The molecule has 0 aliphatic carbocycles. The Hall–Kier alpha value is -3.76. The van der Waals surface area contributed by atoms with Gasteiger partial charge >= 0.3 is 10.2 Å². The second-order valence-electron chi connectivity index (χ2n) is 10.8. The smallest absolute Gasteiger partial charge is 0.304 e. The van der Waals surface area contributed by atoms with Crippen molar-refractivity contribution >= 4 is 27.7 Å². The van der Waals surface area contributed by atoms with Gasteiger partial charge < -0.3 is 10.2 Å². The molecule has 3 aromatic rings. The molecule has 0 aliphatic rings. The van der Waals surface area contributed by atoms with Gasteiger partial charge in [-0.05, 0) is 67.6 Å². The van der Waals surface area contributed by atoms with Gasteiger partial charge in [0.05, 0.1) is 5.69 Å². The van der Waals surface area contributed by atoms with E-state index >= 15 is 0 Å². The summed E-state index contributed by atoms with van der Waals surface area (Å²) in [6, 6.07) is 19.4. The Kier molecular flexibility index (Phi) is 11.2. The molecule has 0 saturated heterocycles. The third-order valence-electron chi connectivity index (χ3n) is 7.19. The number of hydrogen-bond donors (Lipinski definition) is 1. The Labute approximate surface area is 249 Å². The normalized spacial score (nSPS) is 13.0. The van der Waals surface area contributed by atoms with Gasteiger partial charge in [0.1, 0.15) is 18.4 Å². The Morgan fingerprint density at radius 2 is 1.57 bits per heavy atom. The van der Waals surface area contributed by atoms with E-state index in [0.717, 1.165) is 19.7 Å². The van der Waals surface area contributed by atoms with Crippen LogP contribution in [-0.4, -0.2) is 62.2 Å². The van der Waals surface area contributed by atoms with Crippen LogP contribution in [0.25, 0.3) is 0 Å². The second kappa shape index (κ2) is 14.4. The van der Waals surface area contributed by atoms with Crippen molar-refractivity contribution in [2.24, 2.45) is 0 Å².